The number of primary amides is 1. The maximum absolute atomic E-state index is 12.5. The van der Waals surface area contributed by atoms with E-state index in [-0.39, 0.29) is 25.6 Å². The number of carbonyl (C=O) groups excluding carboxylic acids is 3. The van der Waals surface area contributed by atoms with Gasteiger partial charge < -0.3 is 20.5 Å². The number of hydrogen-bond donors (Lipinski definition) is 2. The summed E-state index contributed by atoms with van der Waals surface area (Å²) >= 11 is 0. The number of aromatic nitrogens is 1. The van der Waals surface area contributed by atoms with Crippen LogP contribution in [0.15, 0.2) is 24.3 Å². The number of nitrogens with one attached hydrogen (secondary N) is 1. The van der Waals surface area contributed by atoms with Gasteiger partial charge in [-0.3, -0.25) is 4.79 Å². The van der Waals surface area contributed by atoms with Crippen molar-refractivity contribution in [1.82, 2.24) is 10.3 Å². The second-order valence-electron chi connectivity index (χ2n) is 6.56. The Morgan fingerprint density at radius 2 is 1.86 bits per heavy atom. The lowest BCUT2D eigenvalue weighted by atomic mass is 10.0. The predicted octanol–water partition coefficient (Wildman–Crippen LogP) is 2.99. The van der Waals surface area contributed by atoms with Gasteiger partial charge in [0.1, 0.15) is 6.61 Å². The molecule has 1 heterocycles. The largest absolute Gasteiger partial charge is 0.462 e. The van der Waals surface area contributed by atoms with Crippen LogP contribution in [-0.2, 0) is 20.9 Å². The Morgan fingerprint density at radius 1 is 1.10 bits per heavy atom. The van der Waals surface area contributed by atoms with Crippen molar-refractivity contribution in [3.05, 3.63) is 41.1 Å². The van der Waals surface area contributed by atoms with Gasteiger partial charge in [-0.15, -0.1) is 0 Å². The molecule has 29 heavy (non-hydrogen) atoms. The summed E-state index contributed by atoms with van der Waals surface area (Å²) in [5.74, 6) is -0.841. The third-order valence-electron chi connectivity index (χ3n) is 4.43. The molecule has 8 nitrogen and oxygen atoms in total. The number of rotatable bonds is 10. The molecule has 1 aromatic carbocycles. The molecule has 0 unspecified atom stereocenters. The number of aryl methyl sites for hydroxylation is 1. The first-order valence-electron chi connectivity index (χ1n) is 9.68. The van der Waals surface area contributed by atoms with Crippen molar-refractivity contribution in [3.8, 4) is 0 Å². The number of carbonyl (C=O) groups is 3. The summed E-state index contributed by atoms with van der Waals surface area (Å²) < 4.78 is 10.5. The van der Waals surface area contributed by atoms with Gasteiger partial charge in [-0.05, 0) is 38.3 Å². The monoisotopic (exact) mass is 401 g/mol. The van der Waals surface area contributed by atoms with E-state index in [9.17, 15) is 14.4 Å². The maximum atomic E-state index is 12.5. The Morgan fingerprint density at radius 3 is 2.59 bits per heavy atom. The highest BCUT2D eigenvalue weighted by atomic mass is 16.5. The zero-order chi connectivity index (χ0) is 21.2. The maximum Gasteiger partial charge on any atom is 0.340 e. The predicted molar refractivity (Wildman–Crippen MR) is 108 cm³/mol. The Kier molecular flexibility index (Phi) is 8.39. The fourth-order valence-electron chi connectivity index (χ4n) is 3.02. The first-order chi connectivity index (χ1) is 13.9. The number of amides is 2. The molecule has 2 aromatic rings. The molecule has 0 aliphatic heterocycles. The van der Waals surface area contributed by atoms with Crippen LogP contribution >= 0.6 is 0 Å². The van der Waals surface area contributed by atoms with Gasteiger partial charge in [0.2, 0.25) is 0 Å². The van der Waals surface area contributed by atoms with Crippen LogP contribution in [0.25, 0.3) is 10.9 Å². The molecule has 156 valence electrons. The van der Waals surface area contributed by atoms with Gasteiger partial charge in [-0.1, -0.05) is 24.6 Å². The number of urea groups is 1. The Balaban J connectivity index is 2.01. The first-order valence-corrected chi connectivity index (χ1v) is 9.68. The minimum atomic E-state index is -0.556. The van der Waals surface area contributed by atoms with Gasteiger partial charge in [0.05, 0.1) is 23.4 Å². The molecule has 0 fully saturated rings. The SMILES string of the molecule is CCOC(=O)c1c(COC(=O)CCCCCNC(N)=O)nc2ccccc2c1C. The minimum Gasteiger partial charge on any atom is -0.462 e. The van der Waals surface area contributed by atoms with Crippen molar-refractivity contribution in [3.63, 3.8) is 0 Å². The van der Waals surface area contributed by atoms with E-state index >= 15 is 0 Å². The number of unbranched alkanes of at least 4 members (excludes halogenated alkanes) is 2. The number of esters is 2. The average molecular weight is 401 g/mol. The molecule has 2 rings (SSSR count). The molecule has 0 aliphatic rings. The van der Waals surface area contributed by atoms with E-state index in [1.807, 2.05) is 31.2 Å². The normalized spacial score (nSPS) is 10.6. The van der Waals surface area contributed by atoms with E-state index in [0.29, 0.717) is 24.2 Å². The van der Waals surface area contributed by atoms with Crippen LogP contribution in [0, 0.1) is 6.92 Å². The van der Waals surface area contributed by atoms with E-state index in [2.05, 4.69) is 10.3 Å². The highest BCUT2D eigenvalue weighted by molar-refractivity contribution is 5.98. The zero-order valence-electron chi connectivity index (χ0n) is 16.8. The second kappa shape index (κ2) is 11.0. The third kappa shape index (κ3) is 6.44. The quantitative estimate of drug-likeness (QED) is 0.466. The molecule has 1 aromatic heterocycles. The second-order valence-corrected chi connectivity index (χ2v) is 6.56. The molecule has 0 atom stereocenters. The lowest BCUT2D eigenvalue weighted by Gasteiger charge is -2.14. The number of nitrogens with zero attached hydrogens (tertiary/aromatic N) is 1. The highest BCUT2D eigenvalue weighted by Crippen LogP contribution is 2.24. The zero-order valence-corrected chi connectivity index (χ0v) is 16.8. The lowest BCUT2D eigenvalue weighted by Crippen LogP contribution is -2.29. The topological polar surface area (TPSA) is 121 Å². The van der Waals surface area contributed by atoms with Crippen molar-refractivity contribution < 1.29 is 23.9 Å². The smallest absolute Gasteiger partial charge is 0.340 e. The van der Waals surface area contributed by atoms with Crippen molar-refractivity contribution in [2.24, 2.45) is 5.73 Å². The summed E-state index contributed by atoms with van der Waals surface area (Å²) in [6.45, 7) is 4.20. The molecule has 0 radical (unpaired) electrons. The number of pyridine rings is 1. The first kappa shape index (κ1) is 22.1. The highest BCUT2D eigenvalue weighted by Gasteiger charge is 2.20. The van der Waals surface area contributed by atoms with Gasteiger partial charge in [0.15, 0.2) is 0 Å². The Bertz CT molecular complexity index is 882. The van der Waals surface area contributed by atoms with Crippen molar-refractivity contribution >= 4 is 28.9 Å². The lowest BCUT2D eigenvalue weighted by molar-refractivity contribution is -0.145. The number of benzene rings is 1. The van der Waals surface area contributed by atoms with Gasteiger partial charge in [0.25, 0.3) is 0 Å². The molecular weight excluding hydrogens is 374 g/mol. The fraction of sp³-hybridized carbons (Fsp3) is 0.429. The third-order valence-corrected chi connectivity index (χ3v) is 4.43. The summed E-state index contributed by atoms with van der Waals surface area (Å²) in [6, 6.07) is 6.93. The van der Waals surface area contributed by atoms with Crippen LogP contribution in [-0.4, -0.2) is 36.1 Å². The Hall–Kier alpha value is -3.16. The molecule has 8 heteroatoms. The molecule has 0 bridgehead atoms. The fourth-order valence-corrected chi connectivity index (χ4v) is 3.02. The number of nitrogens with two attached hydrogens (primary N) is 1. The van der Waals surface area contributed by atoms with Gasteiger partial charge >= 0.3 is 18.0 Å². The van der Waals surface area contributed by atoms with E-state index in [4.69, 9.17) is 15.2 Å². The standard InChI is InChI=1S/C21H27N3O5/c1-3-28-20(26)19-14(2)15-9-6-7-10-16(15)24-17(19)13-29-18(25)11-5-4-8-12-23-21(22)27/h6-7,9-10H,3-5,8,11-13H2,1-2H3,(H3,22,23,27). The van der Waals surface area contributed by atoms with Gasteiger partial charge in [-0.2, -0.15) is 0 Å². The van der Waals surface area contributed by atoms with E-state index < -0.39 is 12.0 Å². The summed E-state index contributed by atoms with van der Waals surface area (Å²) in [4.78, 5) is 39.6. The Labute approximate surface area is 169 Å². The van der Waals surface area contributed by atoms with Crippen LogP contribution < -0.4 is 11.1 Å². The van der Waals surface area contributed by atoms with E-state index in [0.717, 1.165) is 29.3 Å². The van der Waals surface area contributed by atoms with Crippen LogP contribution in [0.5, 0.6) is 0 Å². The molecule has 3 N–H and O–H groups in total. The number of para-hydroxylation sites is 1. The molecule has 0 saturated heterocycles. The summed E-state index contributed by atoms with van der Waals surface area (Å²) in [7, 11) is 0. The number of fused-ring (bicyclic) bond motifs is 1. The van der Waals surface area contributed by atoms with E-state index in [1.54, 1.807) is 6.92 Å². The number of ether oxygens (including phenoxy) is 2. The van der Waals surface area contributed by atoms with Crippen LogP contribution in [0.1, 0.15) is 54.2 Å². The minimum absolute atomic E-state index is 0.0954. The molecule has 0 spiro atoms. The summed E-state index contributed by atoms with van der Waals surface area (Å²) in [5, 5.41) is 3.35. The summed E-state index contributed by atoms with van der Waals surface area (Å²) in [6.07, 6.45) is 2.37. The summed E-state index contributed by atoms with van der Waals surface area (Å²) in [5.41, 5.74) is 7.20. The van der Waals surface area contributed by atoms with E-state index in [1.165, 1.54) is 0 Å². The van der Waals surface area contributed by atoms with Gasteiger partial charge in [0, 0.05) is 18.4 Å². The van der Waals surface area contributed by atoms with Crippen molar-refractivity contribution in [2.75, 3.05) is 13.2 Å². The number of hydrogen-bond acceptors (Lipinski definition) is 6. The molecule has 0 aliphatic carbocycles. The molecule has 0 saturated carbocycles. The van der Waals surface area contributed by atoms with Crippen LogP contribution in [0.2, 0.25) is 0 Å². The van der Waals surface area contributed by atoms with Crippen molar-refractivity contribution in [2.45, 2.75) is 46.1 Å². The average Bonchev–Trinajstić information content (AvgIpc) is 2.69. The van der Waals surface area contributed by atoms with Crippen molar-refractivity contribution in [1.29, 1.82) is 0 Å². The van der Waals surface area contributed by atoms with Crippen LogP contribution in [0.3, 0.4) is 0 Å². The van der Waals surface area contributed by atoms with Gasteiger partial charge in [-0.25, -0.2) is 14.6 Å². The molecule has 2 amide bonds. The molecular formula is C21H27N3O5. The van der Waals surface area contributed by atoms with Crippen LogP contribution in [0.4, 0.5) is 4.79 Å².